The van der Waals surface area contributed by atoms with E-state index in [0.29, 0.717) is 11.7 Å². The van der Waals surface area contributed by atoms with Crippen LogP contribution in [0.4, 0.5) is 10.8 Å². The number of thiazole rings is 1. The standard InChI is InChI=1S/C15H17N3O6S/c1-9-8-25-15(16-9)17-14(19)10-6-12(23-3)13(24-5-4-22-2)7-11(10)18(20)21/h6-8H,4-5H2,1-3H3,(H,16,17,19). The number of hydrogen-bond acceptors (Lipinski definition) is 8. The van der Waals surface area contributed by atoms with Crippen LogP contribution in [0, 0.1) is 17.0 Å². The van der Waals surface area contributed by atoms with E-state index in [1.165, 1.54) is 31.6 Å². The Morgan fingerprint density at radius 3 is 2.64 bits per heavy atom. The van der Waals surface area contributed by atoms with Crippen molar-refractivity contribution in [3.63, 3.8) is 0 Å². The van der Waals surface area contributed by atoms with Crippen LogP contribution < -0.4 is 14.8 Å². The van der Waals surface area contributed by atoms with Crippen molar-refractivity contribution in [1.82, 2.24) is 4.98 Å². The van der Waals surface area contributed by atoms with Crippen LogP contribution in [0.2, 0.25) is 0 Å². The molecule has 1 aromatic carbocycles. The Bertz CT molecular complexity index is 777. The lowest BCUT2D eigenvalue weighted by Gasteiger charge is -2.12. The van der Waals surface area contributed by atoms with Gasteiger partial charge in [-0.25, -0.2) is 4.98 Å². The summed E-state index contributed by atoms with van der Waals surface area (Å²) >= 11 is 1.23. The van der Waals surface area contributed by atoms with Gasteiger partial charge in [-0.1, -0.05) is 0 Å². The molecule has 10 heteroatoms. The van der Waals surface area contributed by atoms with Crippen molar-refractivity contribution in [2.75, 3.05) is 32.8 Å². The van der Waals surface area contributed by atoms with Gasteiger partial charge >= 0.3 is 0 Å². The number of anilines is 1. The Morgan fingerprint density at radius 2 is 2.08 bits per heavy atom. The number of nitrogens with one attached hydrogen (secondary N) is 1. The number of aromatic nitrogens is 1. The lowest BCUT2D eigenvalue weighted by Crippen LogP contribution is -2.15. The number of amides is 1. The number of aryl methyl sites for hydroxylation is 1. The van der Waals surface area contributed by atoms with Crippen LogP contribution in [-0.4, -0.2) is 43.2 Å². The fourth-order valence-electron chi connectivity index (χ4n) is 1.97. The lowest BCUT2D eigenvalue weighted by atomic mass is 10.1. The molecule has 0 unspecified atom stereocenters. The van der Waals surface area contributed by atoms with Gasteiger partial charge in [0.05, 0.1) is 30.4 Å². The number of benzene rings is 1. The molecular weight excluding hydrogens is 350 g/mol. The van der Waals surface area contributed by atoms with E-state index in [1.807, 2.05) is 0 Å². The van der Waals surface area contributed by atoms with Crippen LogP contribution in [0.1, 0.15) is 16.1 Å². The fourth-order valence-corrected chi connectivity index (χ4v) is 2.65. The van der Waals surface area contributed by atoms with Gasteiger partial charge in [0, 0.05) is 18.6 Å². The number of nitrogens with zero attached hydrogens (tertiary/aromatic N) is 2. The van der Waals surface area contributed by atoms with E-state index >= 15 is 0 Å². The molecule has 0 saturated heterocycles. The first kappa shape index (κ1) is 18.6. The SMILES string of the molecule is COCCOc1cc([N+](=O)[O-])c(C(=O)Nc2nc(C)cs2)cc1OC. The second kappa shape index (κ2) is 8.40. The van der Waals surface area contributed by atoms with Crippen molar-refractivity contribution in [2.24, 2.45) is 0 Å². The third-order valence-corrected chi connectivity index (χ3v) is 3.98. The Kier molecular flexibility index (Phi) is 6.25. The number of carbonyl (C=O) groups excluding carboxylic acids is 1. The predicted molar refractivity (Wildman–Crippen MR) is 91.8 cm³/mol. The summed E-state index contributed by atoms with van der Waals surface area (Å²) < 4.78 is 15.5. The zero-order valence-corrected chi connectivity index (χ0v) is 14.7. The van der Waals surface area contributed by atoms with Crippen molar-refractivity contribution in [1.29, 1.82) is 0 Å². The maximum atomic E-state index is 12.4. The van der Waals surface area contributed by atoms with Crippen LogP contribution in [0.5, 0.6) is 11.5 Å². The maximum absolute atomic E-state index is 12.4. The van der Waals surface area contributed by atoms with Gasteiger partial charge in [-0.2, -0.15) is 0 Å². The number of rotatable bonds is 8. The topological polar surface area (TPSA) is 113 Å². The third kappa shape index (κ3) is 4.64. The van der Waals surface area contributed by atoms with E-state index in [4.69, 9.17) is 14.2 Å². The molecule has 0 radical (unpaired) electrons. The normalized spacial score (nSPS) is 10.4. The second-order valence-electron chi connectivity index (χ2n) is 4.87. The summed E-state index contributed by atoms with van der Waals surface area (Å²) in [6, 6.07) is 2.44. The summed E-state index contributed by atoms with van der Waals surface area (Å²) in [6.07, 6.45) is 0. The molecular formula is C15H17N3O6S. The molecule has 1 N–H and O–H groups in total. The fraction of sp³-hybridized carbons (Fsp3) is 0.333. The largest absolute Gasteiger partial charge is 0.493 e. The molecule has 0 saturated carbocycles. The minimum Gasteiger partial charge on any atom is -0.493 e. The van der Waals surface area contributed by atoms with Crippen molar-refractivity contribution in [3.8, 4) is 11.5 Å². The molecule has 0 spiro atoms. The van der Waals surface area contributed by atoms with Gasteiger partial charge in [0.1, 0.15) is 12.2 Å². The summed E-state index contributed by atoms with van der Waals surface area (Å²) in [5.74, 6) is -0.280. The third-order valence-electron chi connectivity index (χ3n) is 3.11. The van der Waals surface area contributed by atoms with Gasteiger partial charge in [0.25, 0.3) is 11.6 Å². The van der Waals surface area contributed by atoms with Crippen LogP contribution in [0.3, 0.4) is 0 Å². The van der Waals surface area contributed by atoms with Crippen molar-refractivity contribution in [3.05, 3.63) is 38.9 Å². The number of methoxy groups -OCH3 is 2. The van der Waals surface area contributed by atoms with Crippen LogP contribution in [0.25, 0.3) is 0 Å². The monoisotopic (exact) mass is 367 g/mol. The number of carbonyl (C=O) groups is 1. The highest BCUT2D eigenvalue weighted by atomic mass is 32.1. The van der Waals surface area contributed by atoms with Gasteiger partial charge in [0.2, 0.25) is 0 Å². The molecule has 0 atom stereocenters. The van der Waals surface area contributed by atoms with E-state index < -0.39 is 10.8 Å². The molecule has 0 fully saturated rings. The first-order valence-corrected chi connectivity index (χ1v) is 8.06. The molecule has 0 aliphatic heterocycles. The predicted octanol–water partition coefficient (Wildman–Crippen LogP) is 2.65. The van der Waals surface area contributed by atoms with E-state index in [9.17, 15) is 14.9 Å². The van der Waals surface area contributed by atoms with Crippen molar-refractivity contribution < 1.29 is 23.9 Å². The molecule has 0 aliphatic rings. The minimum atomic E-state index is -0.650. The Balaban J connectivity index is 2.34. The van der Waals surface area contributed by atoms with E-state index in [2.05, 4.69) is 10.3 Å². The van der Waals surface area contributed by atoms with Gasteiger partial charge in [-0.3, -0.25) is 20.2 Å². The average Bonchev–Trinajstić information content (AvgIpc) is 2.99. The highest BCUT2D eigenvalue weighted by Gasteiger charge is 2.25. The van der Waals surface area contributed by atoms with E-state index in [1.54, 1.807) is 12.3 Å². The molecule has 134 valence electrons. The van der Waals surface area contributed by atoms with Gasteiger partial charge in [-0.15, -0.1) is 11.3 Å². The first-order valence-electron chi connectivity index (χ1n) is 7.18. The molecule has 2 aromatic rings. The highest BCUT2D eigenvalue weighted by Crippen LogP contribution is 2.35. The quantitative estimate of drug-likeness (QED) is 0.433. The molecule has 25 heavy (non-hydrogen) atoms. The number of nitro groups is 1. The summed E-state index contributed by atoms with van der Waals surface area (Å²) in [5.41, 5.74) is 0.210. The summed E-state index contributed by atoms with van der Waals surface area (Å²) in [7, 11) is 2.90. The summed E-state index contributed by atoms with van der Waals surface area (Å²) in [5, 5.41) is 16.0. The van der Waals surface area contributed by atoms with Crippen LogP contribution in [0.15, 0.2) is 17.5 Å². The van der Waals surface area contributed by atoms with E-state index in [-0.39, 0.29) is 29.4 Å². The lowest BCUT2D eigenvalue weighted by molar-refractivity contribution is -0.385. The minimum absolute atomic E-state index is 0.145. The van der Waals surface area contributed by atoms with Crippen LogP contribution >= 0.6 is 11.3 Å². The van der Waals surface area contributed by atoms with Crippen molar-refractivity contribution in [2.45, 2.75) is 6.92 Å². The van der Waals surface area contributed by atoms with Crippen LogP contribution in [-0.2, 0) is 4.74 Å². The Hall–Kier alpha value is -2.72. The number of ether oxygens (including phenoxy) is 3. The zero-order chi connectivity index (χ0) is 18.4. The Morgan fingerprint density at radius 1 is 1.32 bits per heavy atom. The maximum Gasteiger partial charge on any atom is 0.286 e. The average molecular weight is 367 g/mol. The van der Waals surface area contributed by atoms with Gasteiger partial charge in [-0.05, 0) is 6.92 Å². The van der Waals surface area contributed by atoms with Gasteiger partial charge < -0.3 is 14.2 Å². The molecule has 0 bridgehead atoms. The highest BCUT2D eigenvalue weighted by molar-refractivity contribution is 7.13. The molecule has 2 rings (SSSR count). The van der Waals surface area contributed by atoms with Gasteiger partial charge in [0.15, 0.2) is 16.6 Å². The van der Waals surface area contributed by atoms with E-state index in [0.717, 1.165) is 11.8 Å². The first-order chi connectivity index (χ1) is 12.0. The Labute approximate surface area is 147 Å². The molecule has 0 aliphatic carbocycles. The second-order valence-corrected chi connectivity index (χ2v) is 5.72. The number of nitro benzene ring substituents is 1. The molecule has 1 amide bonds. The molecule has 9 nitrogen and oxygen atoms in total. The zero-order valence-electron chi connectivity index (χ0n) is 13.9. The summed E-state index contributed by atoms with van der Waals surface area (Å²) in [4.78, 5) is 27.2. The summed E-state index contributed by atoms with van der Waals surface area (Å²) in [6.45, 7) is 2.28. The molecule has 1 aromatic heterocycles. The smallest absolute Gasteiger partial charge is 0.286 e. The molecule has 1 heterocycles. The number of hydrogen-bond donors (Lipinski definition) is 1. The van der Waals surface area contributed by atoms with Crippen molar-refractivity contribution >= 4 is 28.1 Å².